The van der Waals surface area contributed by atoms with E-state index >= 15 is 0 Å². The third kappa shape index (κ3) is 3.35. The molecule has 0 bridgehead atoms. The number of furan rings is 1. The quantitative estimate of drug-likeness (QED) is 0.479. The van der Waals surface area contributed by atoms with Crippen LogP contribution in [-0.2, 0) is 0 Å². The van der Waals surface area contributed by atoms with Gasteiger partial charge in [0.2, 0.25) is 5.75 Å². The maximum atomic E-state index is 11.8. The van der Waals surface area contributed by atoms with Crippen LogP contribution in [0.1, 0.15) is 21.7 Å². The van der Waals surface area contributed by atoms with Crippen molar-refractivity contribution in [3.63, 3.8) is 0 Å². The van der Waals surface area contributed by atoms with Crippen molar-refractivity contribution in [1.29, 1.82) is 0 Å². The molecule has 124 valence electrons. The van der Waals surface area contributed by atoms with Gasteiger partial charge in [-0.2, -0.15) is 5.10 Å². The first kappa shape index (κ1) is 16.6. The highest BCUT2D eigenvalue weighted by Gasteiger charge is 2.23. The van der Waals surface area contributed by atoms with Crippen molar-refractivity contribution in [1.82, 2.24) is 5.43 Å². The van der Waals surface area contributed by atoms with Gasteiger partial charge in [0.15, 0.2) is 0 Å². The Morgan fingerprint density at radius 1 is 1.33 bits per heavy atom. The fourth-order valence-corrected chi connectivity index (χ4v) is 1.81. The highest BCUT2D eigenvalue weighted by atomic mass is 16.6. The number of phenolic OH excluding ortho intramolecular Hbond substituents is 1. The molecule has 24 heavy (non-hydrogen) atoms. The first-order chi connectivity index (χ1) is 11.3. The summed E-state index contributed by atoms with van der Waals surface area (Å²) in [6, 6.07) is 2.93. The molecule has 1 aromatic heterocycles. The van der Waals surface area contributed by atoms with Crippen LogP contribution in [0, 0.1) is 27.2 Å². The summed E-state index contributed by atoms with van der Waals surface area (Å²) in [5, 5.41) is 34.9. The van der Waals surface area contributed by atoms with E-state index in [-0.39, 0.29) is 11.1 Å². The van der Waals surface area contributed by atoms with Crippen LogP contribution in [0.5, 0.6) is 5.75 Å². The molecule has 0 saturated carbocycles. The zero-order valence-electron chi connectivity index (χ0n) is 12.1. The Kier molecular flexibility index (Phi) is 4.54. The van der Waals surface area contributed by atoms with Crippen molar-refractivity contribution < 1.29 is 24.2 Å². The third-order valence-corrected chi connectivity index (χ3v) is 2.98. The second-order valence-electron chi connectivity index (χ2n) is 4.51. The van der Waals surface area contributed by atoms with Crippen LogP contribution < -0.4 is 5.43 Å². The summed E-state index contributed by atoms with van der Waals surface area (Å²) in [5.74, 6) is -1.06. The number of hydrogen-bond donors (Lipinski definition) is 2. The number of amides is 1. The summed E-state index contributed by atoms with van der Waals surface area (Å²) in [7, 11) is 0. The number of benzene rings is 1. The summed E-state index contributed by atoms with van der Waals surface area (Å²) in [4.78, 5) is 31.6. The van der Waals surface area contributed by atoms with E-state index in [1.807, 2.05) is 0 Å². The Morgan fingerprint density at radius 3 is 2.58 bits per heavy atom. The minimum Gasteiger partial charge on any atom is -0.502 e. The zero-order valence-corrected chi connectivity index (χ0v) is 12.1. The lowest BCUT2D eigenvalue weighted by atomic mass is 10.1. The average Bonchev–Trinajstić information content (AvgIpc) is 2.94. The molecule has 2 rings (SSSR count). The number of aryl methyl sites for hydroxylation is 1. The number of nitrogens with zero attached hydrogens (tertiary/aromatic N) is 3. The Labute approximate surface area is 133 Å². The number of aromatic hydroxyl groups is 1. The molecule has 0 unspecified atom stereocenters. The summed E-state index contributed by atoms with van der Waals surface area (Å²) < 4.78 is 4.95. The fourth-order valence-electron chi connectivity index (χ4n) is 1.81. The monoisotopic (exact) mass is 334 g/mol. The molecule has 0 aliphatic heterocycles. The van der Waals surface area contributed by atoms with E-state index in [2.05, 4.69) is 10.5 Å². The maximum absolute atomic E-state index is 11.8. The van der Waals surface area contributed by atoms with Gasteiger partial charge in [-0.05, 0) is 13.0 Å². The van der Waals surface area contributed by atoms with E-state index in [4.69, 9.17) is 4.42 Å². The second kappa shape index (κ2) is 6.56. The largest absolute Gasteiger partial charge is 0.502 e. The smallest absolute Gasteiger partial charge is 0.318 e. The molecule has 2 aromatic rings. The Hall–Kier alpha value is -3.76. The average molecular weight is 334 g/mol. The summed E-state index contributed by atoms with van der Waals surface area (Å²) >= 11 is 0. The number of hydrogen-bond acceptors (Lipinski definition) is 8. The van der Waals surface area contributed by atoms with Gasteiger partial charge in [0.1, 0.15) is 5.76 Å². The zero-order chi connectivity index (χ0) is 17.9. The topological polar surface area (TPSA) is 161 Å². The number of carbonyl (C=O) groups is 1. The number of nitrogens with one attached hydrogen (secondary N) is 1. The molecule has 1 amide bonds. The van der Waals surface area contributed by atoms with Crippen LogP contribution in [-0.4, -0.2) is 27.1 Å². The van der Waals surface area contributed by atoms with Crippen LogP contribution in [0.2, 0.25) is 0 Å². The molecule has 0 atom stereocenters. The van der Waals surface area contributed by atoms with Gasteiger partial charge in [-0.25, -0.2) is 5.43 Å². The van der Waals surface area contributed by atoms with Crippen LogP contribution in [0.15, 0.2) is 34.0 Å². The summed E-state index contributed by atoms with van der Waals surface area (Å²) in [5.41, 5.74) is 0.607. The molecule has 11 heteroatoms. The van der Waals surface area contributed by atoms with E-state index in [9.17, 15) is 30.1 Å². The normalized spacial score (nSPS) is 10.7. The predicted molar refractivity (Wildman–Crippen MR) is 79.9 cm³/mol. The Bertz CT molecular complexity index is 856. The second-order valence-corrected chi connectivity index (χ2v) is 4.51. The van der Waals surface area contributed by atoms with Gasteiger partial charge in [-0.1, -0.05) is 0 Å². The molecular formula is C13H10N4O7. The first-order valence-electron chi connectivity index (χ1n) is 6.34. The molecule has 0 radical (unpaired) electrons. The lowest BCUT2D eigenvalue weighted by Crippen LogP contribution is -2.17. The van der Waals surface area contributed by atoms with Gasteiger partial charge >= 0.3 is 5.69 Å². The molecule has 1 heterocycles. The van der Waals surface area contributed by atoms with E-state index < -0.39 is 32.9 Å². The number of carbonyl (C=O) groups excluding carboxylic acids is 1. The van der Waals surface area contributed by atoms with E-state index in [1.165, 1.54) is 12.3 Å². The van der Waals surface area contributed by atoms with E-state index in [0.717, 1.165) is 12.3 Å². The van der Waals surface area contributed by atoms with Crippen molar-refractivity contribution in [3.8, 4) is 5.75 Å². The minimum absolute atomic E-state index is 0.224. The number of nitro groups is 2. The standard InChI is InChI=1S/C13H10N4O7/c1-7-10(2-3-24-7)13(19)15-14-6-8-4-9(16(20)21)5-11(12(8)18)17(22)23/h2-6,18H,1H3,(H,15,19). The Morgan fingerprint density at radius 2 is 2.04 bits per heavy atom. The number of rotatable bonds is 5. The van der Waals surface area contributed by atoms with Gasteiger partial charge in [-0.3, -0.25) is 25.0 Å². The lowest BCUT2D eigenvalue weighted by molar-refractivity contribution is -0.394. The first-order valence-corrected chi connectivity index (χ1v) is 6.34. The molecular weight excluding hydrogens is 324 g/mol. The molecule has 0 spiro atoms. The van der Waals surface area contributed by atoms with Crippen LogP contribution in [0.4, 0.5) is 11.4 Å². The van der Waals surface area contributed by atoms with E-state index in [0.29, 0.717) is 11.8 Å². The number of hydrazone groups is 1. The van der Waals surface area contributed by atoms with Gasteiger partial charge in [0.25, 0.3) is 11.6 Å². The molecule has 0 saturated heterocycles. The molecule has 0 aliphatic rings. The van der Waals surface area contributed by atoms with Crippen LogP contribution >= 0.6 is 0 Å². The highest BCUT2D eigenvalue weighted by Crippen LogP contribution is 2.33. The minimum atomic E-state index is -0.965. The number of non-ortho nitro benzene ring substituents is 1. The van der Waals surface area contributed by atoms with Gasteiger partial charge in [0.05, 0.1) is 39.5 Å². The summed E-state index contributed by atoms with van der Waals surface area (Å²) in [6.07, 6.45) is 2.17. The van der Waals surface area contributed by atoms with Gasteiger partial charge < -0.3 is 9.52 Å². The molecule has 0 aliphatic carbocycles. The van der Waals surface area contributed by atoms with Crippen LogP contribution in [0.3, 0.4) is 0 Å². The van der Waals surface area contributed by atoms with Crippen molar-refractivity contribution in [3.05, 3.63) is 61.6 Å². The maximum Gasteiger partial charge on any atom is 0.318 e. The van der Waals surface area contributed by atoms with Crippen LogP contribution in [0.25, 0.3) is 0 Å². The molecule has 11 nitrogen and oxygen atoms in total. The summed E-state index contributed by atoms with van der Waals surface area (Å²) in [6.45, 7) is 1.56. The molecule has 1 aromatic carbocycles. The van der Waals surface area contributed by atoms with E-state index in [1.54, 1.807) is 6.92 Å². The number of nitro benzene ring substituents is 2. The lowest BCUT2D eigenvalue weighted by Gasteiger charge is -2.01. The highest BCUT2D eigenvalue weighted by molar-refractivity contribution is 5.96. The molecule has 2 N–H and O–H groups in total. The third-order valence-electron chi connectivity index (χ3n) is 2.98. The molecule has 0 fully saturated rings. The van der Waals surface area contributed by atoms with Crippen molar-refractivity contribution in [2.24, 2.45) is 5.10 Å². The number of phenols is 1. The van der Waals surface area contributed by atoms with Crippen molar-refractivity contribution in [2.45, 2.75) is 6.92 Å². The SMILES string of the molecule is Cc1occc1C(=O)NN=Cc1cc([N+](=O)[O-])cc([N+](=O)[O-])c1O. The fraction of sp³-hybridized carbons (Fsp3) is 0.0769. The van der Waals surface area contributed by atoms with Gasteiger partial charge in [0, 0.05) is 6.07 Å². The predicted octanol–water partition coefficient (Wildman–Crippen LogP) is 1.87. The van der Waals surface area contributed by atoms with Crippen molar-refractivity contribution in [2.75, 3.05) is 0 Å². The Balaban J connectivity index is 2.28. The van der Waals surface area contributed by atoms with Gasteiger partial charge in [-0.15, -0.1) is 0 Å². The van der Waals surface area contributed by atoms with Crippen molar-refractivity contribution >= 4 is 23.5 Å².